The molecule has 5 nitrogen and oxygen atoms in total. The van der Waals surface area contributed by atoms with E-state index in [4.69, 9.17) is 4.74 Å². The van der Waals surface area contributed by atoms with E-state index in [1.165, 1.54) is 29.8 Å². The van der Waals surface area contributed by atoms with E-state index in [0.717, 1.165) is 29.8 Å². The van der Waals surface area contributed by atoms with Gasteiger partial charge in [0.05, 0.1) is 0 Å². The molecule has 1 aromatic heterocycles. The van der Waals surface area contributed by atoms with Crippen LogP contribution < -0.4 is 5.32 Å². The molecule has 0 saturated heterocycles. The lowest BCUT2D eigenvalue weighted by Gasteiger charge is -2.15. The molecule has 6 heteroatoms. The zero-order valence-corrected chi connectivity index (χ0v) is 16.3. The lowest BCUT2D eigenvalue weighted by molar-refractivity contribution is -0.129. The summed E-state index contributed by atoms with van der Waals surface area (Å²) in [4.78, 5) is 28.7. The number of nitrogens with zero attached hydrogens (tertiary/aromatic N) is 1. The average molecular weight is 385 g/mol. The first-order valence-corrected chi connectivity index (χ1v) is 10.2. The molecule has 0 fully saturated rings. The number of esters is 1. The topological polar surface area (TPSA) is 68.3 Å². The van der Waals surface area contributed by atoms with Crippen LogP contribution in [0.25, 0.3) is 10.6 Å². The Kier molecular flexibility index (Phi) is 6.76. The number of amides is 1. The van der Waals surface area contributed by atoms with Crippen LogP contribution in [-0.2, 0) is 9.53 Å². The predicted octanol–water partition coefficient (Wildman–Crippen LogP) is 4.36. The van der Waals surface area contributed by atoms with Crippen LogP contribution in [0.1, 0.15) is 49.5 Å². The first-order chi connectivity index (χ1) is 13.1. The third-order valence-corrected chi connectivity index (χ3v) is 5.41. The fourth-order valence-electron chi connectivity index (χ4n) is 2.98. The molecular formula is C21H24N2O3S. The number of aromatic nitrogens is 1. The van der Waals surface area contributed by atoms with Gasteiger partial charge in [-0.1, -0.05) is 42.0 Å². The number of ether oxygens (including phenoxy) is 1. The molecule has 0 bridgehead atoms. The van der Waals surface area contributed by atoms with Crippen molar-refractivity contribution >= 4 is 23.2 Å². The van der Waals surface area contributed by atoms with Crippen LogP contribution in [0.5, 0.6) is 0 Å². The highest BCUT2D eigenvalue weighted by atomic mass is 32.1. The summed E-state index contributed by atoms with van der Waals surface area (Å²) < 4.78 is 5.27. The number of allylic oxidation sites excluding steroid dienone is 1. The number of hydrogen-bond acceptors (Lipinski definition) is 5. The molecule has 0 aliphatic heterocycles. The van der Waals surface area contributed by atoms with Gasteiger partial charge in [-0.2, -0.15) is 0 Å². The largest absolute Gasteiger partial charge is 0.448 e. The van der Waals surface area contributed by atoms with Crippen LogP contribution in [-0.4, -0.2) is 29.5 Å². The third-order valence-electron chi connectivity index (χ3n) is 4.52. The van der Waals surface area contributed by atoms with Crippen molar-refractivity contribution in [1.29, 1.82) is 0 Å². The number of nitrogens with one attached hydrogen (secondary N) is 1. The van der Waals surface area contributed by atoms with Crippen molar-refractivity contribution in [3.8, 4) is 10.6 Å². The molecule has 1 atom stereocenters. The maximum absolute atomic E-state index is 12.3. The molecule has 1 aliphatic carbocycles. The predicted molar refractivity (Wildman–Crippen MR) is 107 cm³/mol. The second-order valence-corrected chi connectivity index (χ2v) is 7.46. The summed E-state index contributed by atoms with van der Waals surface area (Å²) in [5.74, 6) is -0.857. The minimum absolute atomic E-state index is 0.228. The summed E-state index contributed by atoms with van der Waals surface area (Å²) in [6.45, 7) is 2.15. The molecule has 27 heavy (non-hydrogen) atoms. The summed E-state index contributed by atoms with van der Waals surface area (Å²) in [6, 6.07) is 9.64. The van der Waals surface area contributed by atoms with Crippen LogP contribution in [0, 0.1) is 0 Å². The standard InChI is InChI=1S/C21H24N2O3S/c1-15(19(24)22-13-12-16-8-4-2-5-9-16)26-21(25)18-14-27-20(23-18)17-10-6-3-7-11-17/h3,6-8,10-11,14-15H,2,4-5,9,12-13H2,1H3,(H,22,24)/t15-/m0/s1. The van der Waals surface area contributed by atoms with E-state index in [-0.39, 0.29) is 11.6 Å². The number of rotatable bonds is 7. The van der Waals surface area contributed by atoms with Crippen LogP contribution in [0.3, 0.4) is 0 Å². The molecule has 2 aromatic rings. The van der Waals surface area contributed by atoms with Crippen LogP contribution in [0.15, 0.2) is 47.4 Å². The fourth-order valence-corrected chi connectivity index (χ4v) is 3.77. The molecule has 0 saturated carbocycles. The summed E-state index contributed by atoms with van der Waals surface area (Å²) in [7, 11) is 0. The summed E-state index contributed by atoms with van der Waals surface area (Å²) in [5.41, 5.74) is 2.58. The maximum Gasteiger partial charge on any atom is 0.358 e. The molecular weight excluding hydrogens is 360 g/mol. The Hall–Kier alpha value is -2.47. The van der Waals surface area contributed by atoms with E-state index < -0.39 is 12.1 Å². The Morgan fingerprint density at radius 2 is 2.07 bits per heavy atom. The molecule has 1 N–H and O–H groups in total. The van der Waals surface area contributed by atoms with Crippen LogP contribution in [0.4, 0.5) is 0 Å². The molecule has 0 spiro atoms. The second-order valence-electron chi connectivity index (χ2n) is 6.60. The van der Waals surface area contributed by atoms with Gasteiger partial charge in [0.25, 0.3) is 5.91 Å². The van der Waals surface area contributed by atoms with Crippen molar-refractivity contribution in [2.75, 3.05) is 6.54 Å². The zero-order valence-electron chi connectivity index (χ0n) is 15.4. The average Bonchev–Trinajstić information content (AvgIpc) is 3.20. The number of benzene rings is 1. The third kappa shape index (κ3) is 5.50. The SMILES string of the molecule is C[C@H](OC(=O)c1csc(-c2ccccc2)n1)C(=O)NCCC1=CCCCC1. The fraction of sp³-hybridized carbons (Fsp3) is 0.381. The van der Waals surface area contributed by atoms with Gasteiger partial charge in [0, 0.05) is 17.5 Å². The van der Waals surface area contributed by atoms with E-state index in [1.807, 2.05) is 30.3 Å². The number of thiazole rings is 1. The number of carbonyl (C=O) groups is 2. The van der Waals surface area contributed by atoms with E-state index in [1.54, 1.807) is 12.3 Å². The first-order valence-electron chi connectivity index (χ1n) is 9.31. The van der Waals surface area contributed by atoms with Crippen molar-refractivity contribution in [3.63, 3.8) is 0 Å². The van der Waals surface area contributed by atoms with E-state index in [9.17, 15) is 9.59 Å². The Morgan fingerprint density at radius 1 is 1.26 bits per heavy atom. The van der Waals surface area contributed by atoms with Crippen molar-refractivity contribution in [1.82, 2.24) is 10.3 Å². The van der Waals surface area contributed by atoms with Gasteiger partial charge < -0.3 is 10.1 Å². The van der Waals surface area contributed by atoms with E-state index >= 15 is 0 Å². The highest BCUT2D eigenvalue weighted by Gasteiger charge is 2.21. The van der Waals surface area contributed by atoms with Crippen molar-refractivity contribution in [3.05, 3.63) is 53.1 Å². The van der Waals surface area contributed by atoms with E-state index in [0.29, 0.717) is 6.54 Å². The Balaban J connectivity index is 1.47. The number of carbonyl (C=O) groups excluding carboxylic acids is 2. The van der Waals surface area contributed by atoms with Gasteiger partial charge >= 0.3 is 5.97 Å². The Morgan fingerprint density at radius 3 is 2.81 bits per heavy atom. The summed E-state index contributed by atoms with van der Waals surface area (Å²) in [6.07, 6.45) is 7.02. The minimum atomic E-state index is -0.847. The normalized spacial score (nSPS) is 14.9. The Labute approximate surface area is 163 Å². The van der Waals surface area contributed by atoms with Gasteiger partial charge in [-0.3, -0.25) is 4.79 Å². The van der Waals surface area contributed by atoms with Crippen molar-refractivity contribution < 1.29 is 14.3 Å². The molecule has 3 rings (SSSR count). The smallest absolute Gasteiger partial charge is 0.358 e. The van der Waals surface area contributed by atoms with Gasteiger partial charge in [-0.05, 0) is 39.0 Å². The number of hydrogen-bond donors (Lipinski definition) is 1. The molecule has 1 heterocycles. The van der Waals surface area contributed by atoms with E-state index in [2.05, 4.69) is 16.4 Å². The van der Waals surface area contributed by atoms with Crippen molar-refractivity contribution in [2.24, 2.45) is 0 Å². The lowest BCUT2D eigenvalue weighted by atomic mass is 9.97. The molecule has 0 radical (unpaired) electrons. The van der Waals surface area contributed by atoms with Crippen molar-refractivity contribution in [2.45, 2.75) is 45.1 Å². The lowest BCUT2D eigenvalue weighted by Crippen LogP contribution is -2.36. The molecule has 0 unspecified atom stereocenters. The van der Waals surface area contributed by atoms with Gasteiger partial charge in [-0.25, -0.2) is 9.78 Å². The molecule has 1 aromatic carbocycles. The van der Waals surface area contributed by atoms with Crippen LogP contribution >= 0.6 is 11.3 Å². The minimum Gasteiger partial charge on any atom is -0.448 e. The maximum atomic E-state index is 12.3. The molecule has 1 amide bonds. The molecule has 142 valence electrons. The monoisotopic (exact) mass is 384 g/mol. The van der Waals surface area contributed by atoms with Gasteiger partial charge in [0.15, 0.2) is 11.8 Å². The zero-order chi connectivity index (χ0) is 19.1. The Bertz CT molecular complexity index is 814. The molecule has 1 aliphatic rings. The summed E-state index contributed by atoms with van der Waals surface area (Å²) >= 11 is 1.38. The van der Waals surface area contributed by atoms with Gasteiger partial charge in [-0.15, -0.1) is 11.3 Å². The second kappa shape index (κ2) is 9.46. The summed E-state index contributed by atoms with van der Waals surface area (Å²) in [5, 5.41) is 5.25. The van der Waals surface area contributed by atoms with Gasteiger partial charge in [0.1, 0.15) is 5.01 Å². The highest BCUT2D eigenvalue weighted by Crippen LogP contribution is 2.23. The van der Waals surface area contributed by atoms with Gasteiger partial charge in [0.2, 0.25) is 0 Å². The quantitative estimate of drug-likeness (QED) is 0.569. The highest BCUT2D eigenvalue weighted by molar-refractivity contribution is 7.13. The van der Waals surface area contributed by atoms with Crippen LogP contribution in [0.2, 0.25) is 0 Å². The first kappa shape index (κ1) is 19.3.